The average Bonchev–Trinajstić information content (AvgIpc) is 3.46. The van der Waals surface area contributed by atoms with E-state index in [0.29, 0.717) is 25.9 Å². The standard InChI is InChI=1S/C74H147NO5/c1-3-5-7-9-11-13-15-17-18-36-39-43-46-50-54-58-62-66-72(77)71(70-76)75-73(78)67-63-59-55-51-47-44-40-37-34-32-30-28-26-24-22-20-19-21-23-25-27-29-31-33-35-38-41-45-49-53-57-61-65-69-80-74(79)68-64-60-56-52-48-42-16-14-12-10-8-6-4-2/h71-72,76-77H,3-70H2,1-2H3,(H,75,78). The van der Waals surface area contributed by atoms with Gasteiger partial charge in [-0.05, 0) is 25.7 Å². The number of ether oxygens (including phenoxy) is 1. The van der Waals surface area contributed by atoms with Crippen molar-refractivity contribution in [3.05, 3.63) is 0 Å². The van der Waals surface area contributed by atoms with E-state index in [-0.39, 0.29) is 18.5 Å². The molecule has 80 heavy (non-hydrogen) atoms. The summed E-state index contributed by atoms with van der Waals surface area (Å²) in [7, 11) is 0. The van der Waals surface area contributed by atoms with Crippen molar-refractivity contribution in [2.45, 2.75) is 450 Å². The Hall–Kier alpha value is -1.14. The number of esters is 1. The number of unbranched alkanes of at least 4 members (excludes halogenated alkanes) is 60. The van der Waals surface area contributed by atoms with E-state index in [1.165, 1.54) is 366 Å². The first-order valence-corrected chi connectivity index (χ1v) is 37.3. The third kappa shape index (κ3) is 66.0. The van der Waals surface area contributed by atoms with Gasteiger partial charge in [0.05, 0.1) is 25.4 Å². The molecule has 0 heterocycles. The first-order chi connectivity index (χ1) is 39.5. The van der Waals surface area contributed by atoms with Gasteiger partial charge in [0.25, 0.3) is 0 Å². The molecule has 0 rings (SSSR count). The molecular formula is C74H147NO5. The van der Waals surface area contributed by atoms with Gasteiger partial charge in [0.1, 0.15) is 0 Å². The molecule has 0 aliphatic carbocycles. The maximum absolute atomic E-state index is 12.5. The van der Waals surface area contributed by atoms with Gasteiger partial charge >= 0.3 is 5.97 Å². The van der Waals surface area contributed by atoms with Gasteiger partial charge in [-0.1, -0.05) is 399 Å². The van der Waals surface area contributed by atoms with Crippen LogP contribution in [-0.4, -0.2) is 47.4 Å². The number of hydrogen-bond acceptors (Lipinski definition) is 5. The van der Waals surface area contributed by atoms with Crippen molar-refractivity contribution in [3.8, 4) is 0 Å². The van der Waals surface area contributed by atoms with Crippen LogP contribution in [0.3, 0.4) is 0 Å². The van der Waals surface area contributed by atoms with Gasteiger partial charge in [0, 0.05) is 12.8 Å². The van der Waals surface area contributed by atoms with E-state index < -0.39 is 12.1 Å². The minimum atomic E-state index is -0.660. The molecule has 3 N–H and O–H groups in total. The van der Waals surface area contributed by atoms with Crippen LogP contribution in [-0.2, 0) is 14.3 Å². The second-order valence-electron chi connectivity index (χ2n) is 26.0. The molecule has 0 aromatic heterocycles. The number of nitrogens with one attached hydrogen (secondary N) is 1. The van der Waals surface area contributed by atoms with E-state index in [0.717, 1.165) is 38.5 Å². The summed E-state index contributed by atoms with van der Waals surface area (Å²) in [6.45, 7) is 5.01. The summed E-state index contributed by atoms with van der Waals surface area (Å²) >= 11 is 0. The van der Waals surface area contributed by atoms with Crippen LogP contribution in [0, 0.1) is 0 Å². The summed E-state index contributed by atoms with van der Waals surface area (Å²) in [5, 5.41) is 23.4. The largest absolute Gasteiger partial charge is 0.466 e. The van der Waals surface area contributed by atoms with Crippen LogP contribution in [0.15, 0.2) is 0 Å². The molecule has 478 valence electrons. The van der Waals surface area contributed by atoms with E-state index in [1.807, 2.05) is 0 Å². The fourth-order valence-electron chi connectivity index (χ4n) is 12.2. The van der Waals surface area contributed by atoms with E-state index >= 15 is 0 Å². The summed E-state index contributed by atoms with van der Waals surface area (Å²) < 4.78 is 5.49. The second-order valence-corrected chi connectivity index (χ2v) is 26.0. The third-order valence-corrected chi connectivity index (χ3v) is 17.9. The third-order valence-electron chi connectivity index (χ3n) is 17.9. The predicted molar refractivity (Wildman–Crippen MR) is 352 cm³/mol. The van der Waals surface area contributed by atoms with Gasteiger partial charge in [0.15, 0.2) is 0 Å². The van der Waals surface area contributed by atoms with Crippen molar-refractivity contribution >= 4 is 11.9 Å². The second kappa shape index (κ2) is 70.3. The van der Waals surface area contributed by atoms with E-state index in [2.05, 4.69) is 19.2 Å². The molecule has 1 amide bonds. The number of aliphatic hydroxyl groups is 2. The summed E-state index contributed by atoms with van der Waals surface area (Å²) in [6, 6.07) is -0.537. The van der Waals surface area contributed by atoms with Crippen molar-refractivity contribution in [1.82, 2.24) is 5.32 Å². The zero-order valence-corrected chi connectivity index (χ0v) is 54.9. The topological polar surface area (TPSA) is 95.9 Å². The Labute approximate surface area is 502 Å². The fourth-order valence-corrected chi connectivity index (χ4v) is 12.2. The molecule has 0 aromatic rings. The van der Waals surface area contributed by atoms with Crippen molar-refractivity contribution in [3.63, 3.8) is 0 Å². The number of rotatable bonds is 71. The van der Waals surface area contributed by atoms with Gasteiger partial charge in [-0.15, -0.1) is 0 Å². The highest BCUT2D eigenvalue weighted by Crippen LogP contribution is 2.20. The van der Waals surface area contributed by atoms with Gasteiger partial charge < -0.3 is 20.3 Å². The van der Waals surface area contributed by atoms with Crippen molar-refractivity contribution in [1.29, 1.82) is 0 Å². The fraction of sp³-hybridized carbons (Fsp3) is 0.973. The molecule has 0 fully saturated rings. The Kier molecular flexibility index (Phi) is 69.3. The van der Waals surface area contributed by atoms with Crippen molar-refractivity contribution in [2.24, 2.45) is 0 Å². The van der Waals surface area contributed by atoms with Crippen LogP contribution in [0.25, 0.3) is 0 Å². The van der Waals surface area contributed by atoms with Crippen molar-refractivity contribution < 1.29 is 24.5 Å². The summed E-state index contributed by atoms with van der Waals surface area (Å²) in [4.78, 5) is 24.6. The number of aliphatic hydroxyl groups excluding tert-OH is 2. The van der Waals surface area contributed by atoms with Crippen LogP contribution in [0.5, 0.6) is 0 Å². The number of hydrogen-bond donors (Lipinski definition) is 3. The molecule has 2 unspecified atom stereocenters. The highest BCUT2D eigenvalue weighted by molar-refractivity contribution is 5.76. The van der Waals surface area contributed by atoms with Gasteiger partial charge in [-0.2, -0.15) is 0 Å². The molecule has 2 atom stereocenters. The van der Waals surface area contributed by atoms with E-state index in [1.54, 1.807) is 0 Å². The molecule has 0 bridgehead atoms. The molecule has 0 spiro atoms. The highest BCUT2D eigenvalue weighted by atomic mass is 16.5. The first kappa shape index (κ1) is 78.9. The maximum atomic E-state index is 12.5. The zero-order valence-electron chi connectivity index (χ0n) is 54.9. The minimum absolute atomic E-state index is 0.0245. The molecule has 0 aliphatic heterocycles. The van der Waals surface area contributed by atoms with E-state index in [9.17, 15) is 19.8 Å². The summed E-state index contributed by atoms with van der Waals surface area (Å²) in [5.41, 5.74) is 0. The summed E-state index contributed by atoms with van der Waals surface area (Å²) in [5.74, 6) is -0.000939. The van der Waals surface area contributed by atoms with Crippen LogP contribution in [0.2, 0.25) is 0 Å². The lowest BCUT2D eigenvalue weighted by molar-refractivity contribution is -0.143. The highest BCUT2D eigenvalue weighted by Gasteiger charge is 2.20. The van der Waals surface area contributed by atoms with Crippen molar-refractivity contribution in [2.75, 3.05) is 13.2 Å². The molecule has 6 nitrogen and oxygen atoms in total. The van der Waals surface area contributed by atoms with Crippen LogP contribution in [0.4, 0.5) is 0 Å². The lowest BCUT2D eigenvalue weighted by Crippen LogP contribution is -2.45. The lowest BCUT2D eigenvalue weighted by Gasteiger charge is -2.22. The molecule has 6 heteroatoms. The molecular weight excluding hydrogens is 983 g/mol. The first-order valence-electron chi connectivity index (χ1n) is 37.3. The predicted octanol–water partition coefficient (Wildman–Crippen LogP) is 24.2. The number of amides is 1. The average molecular weight is 1130 g/mol. The van der Waals surface area contributed by atoms with Gasteiger partial charge in [0.2, 0.25) is 5.91 Å². The Morgan fingerprint density at radius 1 is 0.300 bits per heavy atom. The zero-order chi connectivity index (χ0) is 57.8. The maximum Gasteiger partial charge on any atom is 0.305 e. The molecule has 0 saturated heterocycles. The Morgan fingerprint density at radius 2 is 0.512 bits per heavy atom. The van der Waals surface area contributed by atoms with Crippen LogP contribution >= 0.6 is 0 Å². The molecule has 0 saturated carbocycles. The lowest BCUT2D eigenvalue weighted by atomic mass is 10.0. The monoisotopic (exact) mass is 1130 g/mol. The number of carbonyl (C=O) groups is 2. The minimum Gasteiger partial charge on any atom is -0.466 e. The normalized spacial score (nSPS) is 12.4. The number of carbonyl (C=O) groups excluding carboxylic acids is 2. The quantitative estimate of drug-likeness (QED) is 0.0417. The Morgan fingerprint density at radius 3 is 0.762 bits per heavy atom. The van der Waals surface area contributed by atoms with E-state index in [4.69, 9.17) is 4.74 Å². The molecule has 0 radical (unpaired) electrons. The van der Waals surface area contributed by atoms with Gasteiger partial charge in [-0.25, -0.2) is 0 Å². The summed E-state index contributed by atoms with van der Waals surface area (Å²) in [6.07, 6.45) is 86.1. The van der Waals surface area contributed by atoms with Crippen LogP contribution in [0.1, 0.15) is 438 Å². The Balaban J connectivity index is 3.30. The van der Waals surface area contributed by atoms with Crippen LogP contribution < -0.4 is 5.32 Å². The molecule has 0 aromatic carbocycles. The van der Waals surface area contributed by atoms with Gasteiger partial charge in [-0.3, -0.25) is 9.59 Å². The smallest absolute Gasteiger partial charge is 0.305 e. The molecule has 0 aliphatic rings. The Bertz CT molecular complexity index is 1160. The SMILES string of the molecule is CCCCCCCCCCCCCCCCCCCC(O)C(CO)NC(=O)CCCCCCCCCCCCCCCCCCCCCCCCCCCCCCCCCCCOC(=O)CCCCCCCCCCCCCCC.